The van der Waals surface area contributed by atoms with E-state index < -0.39 is 18.0 Å². The molecule has 0 heterocycles. The molecule has 1 aromatic rings. The molecule has 118 valence electrons. The van der Waals surface area contributed by atoms with Crippen LogP contribution >= 0.6 is 23.2 Å². The van der Waals surface area contributed by atoms with Gasteiger partial charge in [0.15, 0.2) is 11.9 Å². The molecule has 1 N–H and O–H groups in total. The lowest BCUT2D eigenvalue weighted by atomic mass is 9.96. The van der Waals surface area contributed by atoms with Crippen molar-refractivity contribution in [1.29, 1.82) is 0 Å². The number of nitrogens with one attached hydrogen (secondary N) is 1. The van der Waals surface area contributed by atoms with Crippen LogP contribution in [0.15, 0.2) is 18.2 Å². The summed E-state index contributed by atoms with van der Waals surface area (Å²) in [5.74, 6) is -1.16. The van der Waals surface area contributed by atoms with Crippen molar-refractivity contribution in [2.24, 2.45) is 0 Å². The molecule has 0 saturated heterocycles. The highest BCUT2D eigenvalue weighted by Crippen LogP contribution is 2.22. The summed E-state index contributed by atoms with van der Waals surface area (Å²) in [5, 5.41) is 3.02. The van der Waals surface area contributed by atoms with Gasteiger partial charge >= 0.3 is 5.97 Å². The van der Waals surface area contributed by atoms with E-state index in [1.807, 2.05) is 0 Å². The first-order valence-corrected chi connectivity index (χ1v) is 7.68. The van der Waals surface area contributed by atoms with Gasteiger partial charge in [0.1, 0.15) is 6.54 Å². The molecule has 22 heavy (non-hydrogen) atoms. The lowest BCUT2D eigenvalue weighted by Gasteiger charge is -2.20. The van der Waals surface area contributed by atoms with Crippen LogP contribution in [0.4, 0.5) is 0 Å². The topological polar surface area (TPSA) is 72.5 Å². The maximum Gasteiger partial charge on any atom is 0.326 e. The Balaban J connectivity index is 1.83. The van der Waals surface area contributed by atoms with Gasteiger partial charge in [-0.2, -0.15) is 0 Å². The number of Topliss-reactive ketones (excluding diaryl/α,β-unsaturated/α-hetero) is 1. The van der Waals surface area contributed by atoms with Crippen LogP contribution in [-0.4, -0.2) is 30.3 Å². The molecule has 1 unspecified atom stereocenters. The van der Waals surface area contributed by atoms with Gasteiger partial charge in [0.25, 0.3) is 5.91 Å². The van der Waals surface area contributed by atoms with Crippen molar-refractivity contribution < 1.29 is 19.1 Å². The molecule has 0 aromatic heterocycles. The molecule has 5 nitrogen and oxygen atoms in total. The monoisotopic (exact) mass is 343 g/mol. The number of halogens is 2. The number of hydrogen-bond donors (Lipinski definition) is 1. The van der Waals surface area contributed by atoms with Crippen LogP contribution in [0, 0.1) is 0 Å². The summed E-state index contributed by atoms with van der Waals surface area (Å²) < 4.78 is 5.08. The minimum absolute atomic E-state index is 0.0598. The molecule has 1 atom stereocenters. The van der Waals surface area contributed by atoms with E-state index in [0.29, 0.717) is 17.9 Å². The van der Waals surface area contributed by atoms with Gasteiger partial charge in [-0.1, -0.05) is 23.2 Å². The van der Waals surface area contributed by atoms with Crippen molar-refractivity contribution in [2.75, 3.05) is 6.54 Å². The van der Waals surface area contributed by atoms with Gasteiger partial charge in [-0.15, -0.1) is 0 Å². The Hall–Kier alpha value is -1.59. The summed E-state index contributed by atoms with van der Waals surface area (Å²) in [7, 11) is 0. The number of esters is 1. The zero-order valence-corrected chi connectivity index (χ0v) is 13.2. The first-order valence-electron chi connectivity index (χ1n) is 6.93. The summed E-state index contributed by atoms with van der Waals surface area (Å²) in [6.45, 7) is -0.303. The van der Waals surface area contributed by atoms with Crippen LogP contribution in [0.1, 0.15) is 36.0 Å². The van der Waals surface area contributed by atoms with E-state index >= 15 is 0 Å². The maximum absolute atomic E-state index is 11.9. The largest absolute Gasteiger partial charge is 0.453 e. The molecule has 1 saturated carbocycles. The van der Waals surface area contributed by atoms with Crippen LogP contribution in [-0.2, 0) is 14.3 Å². The third-order valence-electron chi connectivity index (χ3n) is 3.35. The molecular weight excluding hydrogens is 329 g/mol. The van der Waals surface area contributed by atoms with E-state index in [1.54, 1.807) is 0 Å². The molecule has 0 bridgehead atoms. The van der Waals surface area contributed by atoms with Gasteiger partial charge in [0, 0.05) is 12.0 Å². The lowest BCUT2D eigenvalue weighted by molar-refractivity contribution is -0.155. The van der Waals surface area contributed by atoms with Crippen molar-refractivity contribution in [2.45, 2.75) is 31.8 Å². The normalized spacial score (nSPS) is 17.9. The van der Waals surface area contributed by atoms with Gasteiger partial charge in [-0.3, -0.25) is 14.4 Å². The van der Waals surface area contributed by atoms with E-state index in [2.05, 4.69) is 5.32 Å². The number of ether oxygens (including phenoxy) is 1. The Kier molecular flexibility index (Phi) is 5.80. The standard InChI is InChI=1S/C15H15Cl2NO4/c16-10-6-5-9(7-11(10)17)15(21)18-8-14(20)22-13-4-2-1-3-12(13)19/h5-7,13H,1-4,8H2,(H,18,21). The fraction of sp³-hybridized carbons (Fsp3) is 0.400. The quantitative estimate of drug-likeness (QED) is 0.853. The van der Waals surface area contributed by atoms with Crippen molar-refractivity contribution in [1.82, 2.24) is 5.32 Å². The van der Waals surface area contributed by atoms with Crippen molar-refractivity contribution in [3.8, 4) is 0 Å². The van der Waals surface area contributed by atoms with E-state index in [-0.39, 0.29) is 22.9 Å². The minimum Gasteiger partial charge on any atom is -0.453 e. The number of ketones is 1. The maximum atomic E-state index is 11.9. The molecule has 1 aliphatic rings. The van der Waals surface area contributed by atoms with Gasteiger partial charge in [0.2, 0.25) is 0 Å². The SMILES string of the molecule is O=C(CNC(=O)c1ccc(Cl)c(Cl)c1)OC1CCCCC1=O. The van der Waals surface area contributed by atoms with Crippen molar-refractivity contribution in [3.05, 3.63) is 33.8 Å². The molecule has 1 fully saturated rings. The highest BCUT2D eigenvalue weighted by atomic mass is 35.5. The van der Waals surface area contributed by atoms with Crippen LogP contribution in [0.2, 0.25) is 10.0 Å². The second-order valence-corrected chi connectivity index (χ2v) is 5.82. The number of carbonyl (C=O) groups is 3. The van der Waals surface area contributed by atoms with Gasteiger partial charge in [0.05, 0.1) is 10.0 Å². The molecule has 1 aliphatic carbocycles. The van der Waals surface area contributed by atoms with Gasteiger partial charge in [-0.05, 0) is 37.5 Å². The summed E-state index contributed by atoms with van der Waals surface area (Å²) in [6, 6.07) is 4.41. The molecule has 1 amide bonds. The Morgan fingerprint density at radius 3 is 2.68 bits per heavy atom. The fourth-order valence-corrected chi connectivity index (χ4v) is 2.47. The molecular formula is C15H15Cl2NO4. The summed E-state index contributed by atoms with van der Waals surface area (Å²) in [4.78, 5) is 35.1. The van der Waals surface area contributed by atoms with Gasteiger partial charge < -0.3 is 10.1 Å². The van der Waals surface area contributed by atoms with Crippen LogP contribution in [0.3, 0.4) is 0 Å². The lowest BCUT2D eigenvalue weighted by Crippen LogP contribution is -2.36. The zero-order valence-electron chi connectivity index (χ0n) is 11.7. The number of rotatable bonds is 4. The third kappa shape index (κ3) is 4.45. The number of benzene rings is 1. The van der Waals surface area contributed by atoms with Crippen LogP contribution in [0.25, 0.3) is 0 Å². The summed E-state index contributed by atoms with van der Waals surface area (Å²) in [5.41, 5.74) is 0.288. The highest BCUT2D eigenvalue weighted by molar-refractivity contribution is 6.42. The smallest absolute Gasteiger partial charge is 0.326 e. The van der Waals surface area contributed by atoms with Crippen LogP contribution in [0.5, 0.6) is 0 Å². The van der Waals surface area contributed by atoms with Crippen LogP contribution < -0.4 is 5.32 Å². The van der Waals surface area contributed by atoms with E-state index in [1.165, 1.54) is 18.2 Å². The molecule has 2 rings (SSSR count). The van der Waals surface area contributed by atoms with E-state index in [4.69, 9.17) is 27.9 Å². The molecule has 1 aromatic carbocycles. The minimum atomic E-state index is -0.678. The molecule has 0 radical (unpaired) electrons. The summed E-state index contributed by atoms with van der Waals surface area (Å²) >= 11 is 11.6. The first kappa shape index (κ1) is 16.8. The summed E-state index contributed by atoms with van der Waals surface area (Å²) in [6.07, 6.45) is 2.00. The fourth-order valence-electron chi connectivity index (χ4n) is 2.17. The van der Waals surface area contributed by atoms with E-state index in [0.717, 1.165) is 12.8 Å². The van der Waals surface area contributed by atoms with Crippen molar-refractivity contribution >= 4 is 40.9 Å². The molecule has 0 aliphatic heterocycles. The third-order valence-corrected chi connectivity index (χ3v) is 4.09. The Morgan fingerprint density at radius 1 is 1.23 bits per heavy atom. The van der Waals surface area contributed by atoms with Gasteiger partial charge in [-0.25, -0.2) is 0 Å². The Labute approximate surface area is 137 Å². The number of amides is 1. The van der Waals surface area contributed by atoms with E-state index in [9.17, 15) is 14.4 Å². The average molecular weight is 344 g/mol. The zero-order chi connectivity index (χ0) is 16.1. The van der Waals surface area contributed by atoms with Crippen molar-refractivity contribution in [3.63, 3.8) is 0 Å². The second-order valence-electron chi connectivity index (χ2n) is 5.00. The number of carbonyl (C=O) groups excluding carboxylic acids is 3. The Morgan fingerprint density at radius 2 is 2.00 bits per heavy atom. The predicted octanol–water partition coefficient (Wildman–Crippen LogP) is 2.78. The Bertz CT molecular complexity index is 603. The first-order chi connectivity index (χ1) is 10.5. The highest BCUT2D eigenvalue weighted by Gasteiger charge is 2.25. The molecule has 0 spiro atoms. The predicted molar refractivity (Wildman–Crippen MR) is 82.2 cm³/mol. The molecule has 7 heteroatoms. The number of hydrogen-bond acceptors (Lipinski definition) is 4. The second kappa shape index (κ2) is 7.61. The average Bonchev–Trinajstić information content (AvgIpc) is 2.50.